The highest BCUT2D eigenvalue weighted by Gasteiger charge is 2.68. The quantitative estimate of drug-likeness (QED) is 0.286. The van der Waals surface area contributed by atoms with Gasteiger partial charge in [-0.3, -0.25) is 14.4 Å². The maximum atomic E-state index is 14.5. The van der Waals surface area contributed by atoms with Crippen LogP contribution in [0.1, 0.15) is 41.5 Å². The molecule has 9 nitrogen and oxygen atoms in total. The highest BCUT2D eigenvalue weighted by atomic mass is 16.7. The number of carbonyl (C=O) groups is 3. The molecule has 3 aliphatic carbocycles. The van der Waals surface area contributed by atoms with Crippen molar-refractivity contribution >= 4 is 29.6 Å². The molecule has 2 bridgehead atoms. The van der Waals surface area contributed by atoms with Crippen molar-refractivity contribution in [1.29, 1.82) is 0 Å². The van der Waals surface area contributed by atoms with E-state index in [2.05, 4.69) is 10.5 Å². The minimum atomic E-state index is -1.09. The van der Waals surface area contributed by atoms with Gasteiger partial charge in [-0.2, -0.15) is 5.10 Å². The summed E-state index contributed by atoms with van der Waals surface area (Å²) >= 11 is 0. The van der Waals surface area contributed by atoms with E-state index in [1.807, 2.05) is 48.5 Å². The third kappa shape index (κ3) is 3.62. The van der Waals surface area contributed by atoms with Gasteiger partial charge in [-0.05, 0) is 41.3 Å². The normalized spacial score (nSPS) is 27.1. The van der Waals surface area contributed by atoms with Crippen molar-refractivity contribution in [2.75, 3.05) is 25.2 Å². The molecule has 2 fully saturated rings. The molecule has 208 valence electrons. The van der Waals surface area contributed by atoms with Gasteiger partial charge in [0.25, 0.3) is 0 Å². The number of benzene rings is 3. The number of amides is 3. The predicted molar refractivity (Wildman–Crippen MR) is 150 cm³/mol. The van der Waals surface area contributed by atoms with Crippen LogP contribution in [0.5, 0.6) is 5.75 Å². The lowest BCUT2D eigenvalue weighted by molar-refractivity contribution is -0.159. The summed E-state index contributed by atoms with van der Waals surface area (Å²) in [5, 5.41) is 4.44. The Morgan fingerprint density at radius 2 is 1.59 bits per heavy atom. The number of nitrogens with one attached hydrogen (secondary N) is 1. The van der Waals surface area contributed by atoms with Gasteiger partial charge in [0.05, 0.1) is 49.7 Å². The first-order chi connectivity index (χ1) is 19.9. The third-order valence-corrected chi connectivity index (χ3v) is 8.85. The molecule has 8 rings (SSSR count). The molecule has 0 spiro atoms. The van der Waals surface area contributed by atoms with Crippen molar-refractivity contribution in [2.24, 2.45) is 16.9 Å². The number of nitrogens with zero attached hydrogens (tertiary/aromatic N) is 2. The Morgan fingerprint density at radius 3 is 2.24 bits per heavy atom. The van der Waals surface area contributed by atoms with Crippen LogP contribution < -0.4 is 15.1 Å². The first-order valence-electron chi connectivity index (χ1n) is 13.7. The number of hydrazone groups is 1. The summed E-state index contributed by atoms with van der Waals surface area (Å²) in [5.41, 5.74) is 5.72. The number of imide groups is 1. The van der Waals surface area contributed by atoms with E-state index >= 15 is 0 Å². The van der Waals surface area contributed by atoms with Crippen molar-refractivity contribution in [3.05, 3.63) is 95.1 Å². The average molecular weight is 552 g/mol. The van der Waals surface area contributed by atoms with Crippen molar-refractivity contribution in [1.82, 2.24) is 5.43 Å². The number of methoxy groups -OCH3 is 1. The van der Waals surface area contributed by atoms with Crippen LogP contribution in [0.25, 0.3) is 0 Å². The molecule has 0 unspecified atom stereocenters. The van der Waals surface area contributed by atoms with Crippen LogP contribution >= 0.6 is 0 Å². The molecular weight excluding hydrogens is 522 g/mol. The molecular formula is C32H29N3O6. The Balaban J connectivity index is 1.36. The topological polar surface area (TPSA) is 107 Å². The number of para-hydroxylation sites is 2. The molecule has 41 heavy (non-hydrogen) atoms. The van der Waals surface area contributed by atoms with Gasteiger partial charge < -0.3 is 14.2 Å². The van der Waals surface area contributed by atoms with E-state index in [1.165, 1.54) is 12.0 Å². The zero-order chi connectivity index (χ0) is 28.4. The second-order valence-corrected chi connectivity index (χ2v) is 11.0. The highest BCUT2D eigenvalue weighted by molar-refractivity contribution is 6.25. The van der Waals surface area contributed by atoms with Crippen LogP contribution in [0.4, 0.5) is 5.69 Å². The molecule has 3 amide bonds. The van der Waals surface area contributed by atoms with E-state index in [9.17, 15) is 14.4 Å². The first kappa shape index (κ1) is 25.6. The van der Waals surface area contributed by atoms with E-state index in [-0.39, 0.29) is 30.1 Å². The number of rotatable bonds is 6. The lowest BCUT2D eigenvalue weighted by Crippen LogP contribution is -2.54. The van der Waals surface area contributed by atoms with Gasteiger partial charge in [-0.1, -0.05) is 60.7 Å². The number of hydrogen-bond acceptors (Lipinski definition) is 7. The van der Waals surface area contributed by atoms with Crippen LogP contribution in [0.15, 0.2) is 77.9 Å². The minimum absolute atomic E-state index is 0.0301. The van der Waals surface area contributed by atoms with Gasteiger partial charge in [-0.25, -0.2) is 10.3 Å². The lowest BCUT2D eigenvalue weighted by Gasteiger charge is -2.52. The molecule has 2 atom stereocenters. The number of anilines is 1. The second kappa shape index (κ2) is 9.36. The minimum Gasteiger partial charge on any atom is -0.495 e. The van der Waals surface area contributed by atoms with Gasteiger partial charge in [0.1, 0.15) is 5.75 Å². The van der Waals surface area contributed by atoms with Gasteiger partial charge in [0.2, 0.25) is 17.7 Å². The van der Waals surface area contributed by atoms with Crippen molar-refractivity contribution < 1.29 is 28.6 Å². The summed E-state index contributed by atoms with van der Waals surface area (Å²) in [6.45, 7) is 2.57. The molecule has 0 saturated carbocycles. The van der Waals surface area contributed by atoms with Gasteiger partial charge in [-0.15, -0.1) is 0 Å². The molecule has 2 aliphatic heterocycles. The molecule has 0 radical (unpaired) electrons. The van der Waals surface area contributed by atoms with Gasteiger partial charge >= 0.3 is 0 Å². The Bertz CT molecular complexity index is 1560. The number of ether oxygens (including phenoxy) is 3. The Kier molecular flexibility index (Phi) is 5.85. The summed E-state index contributed by atoms with van der Waals surface area (Å²) in [6, 6.07) is 22.8. The third-order valence-electron chi connectivity index (χ3n) is 8.85. The zero-order valence-corrected chi connectivity index (χ0v) is 22.7. The molecule has 5 aliphatic rings. The maximum absolute atomic E-state index is 14.5. The van der Waals surface area contributed by atoms with Gasteiger partial charge in [0.15, 0.2) is 5.79 Å². The molecule has 3 aromatic rings. The molecule has 1 N–H and O–H groups in total. The summed E-state index contributed by atoms with van der Waals surface area (Å²) in [4.78, 5) is 42.9. The Hall–Kier alpha value is -4.34. The van der Waals surface area contributed by atoms with Gasteiger partial charge in [0, 0.05) is 12.1 Å². The molecule has 2 heterocycles. The SMILES string of the molecule is COc1ccccc1N1C(=O)[C@@H]2C3c4ccccc4C(/C=N\NC(=O)CC4(C)OCCO4)(c4ccccc43)[C@@H]2C1=O. The monoisotopic (exact) mass is 551 g/mol. The Labute approximate surface area is 237 Å². The lowest BCUT2D eigenvalue weighted by atomic mass is 9.47. The fourth-order valence-corrected chi connectivity index (χ4v) is 7.30. The molecule has 9 heteroatoms. The van der Waals surface area contributed by atoms with E-state index < -0.39 is 23.0 Å². The maximum Gasteiger partial charge on any atom is 0.245 e. The van der Waals surface area contributed by atoms with Crippen LogP contribution in [0, 0.1) is 11.8 Å². The smallest absolute Gasteiger partial charge is 0.245 e. The van der Waals surface area contributed by atoms with Crippen molar-refractivity contribution in [2.45, 2.75) is 30.5 Å². The van der Waals surface area contributed by atoms with E-state index in [0.29, 0.717) is 24.7 Å². The number of hydrogen-bond donors (Lipinski definition) is 1. The predicted octanol–water partition coefficient (Wildman–Crippen LogP) is 3.50. The highest BCUT2D eigenvalue weighted by Crippen LogP contribution is 2.63. The average Bonchev–Trinajstić information content (AvgIpc) is 3.53. The number of carbonyl (C=O) groups excluding carboxylic acids is 3. The van der Waals surface area contributed by atoms with Crippen LogP contribution in [0.3, 0.4) is 0 Å². The van der Waals surface area contributed by atoms with E-state index in [1.54, 1.807) is 37.4 Å². The zero-order valence-electron chi connectivity index (χ0n) is 22.7. The standard InChI is InChI=1S/C32H29N3O6/c1-31(40-15-16-41-31)17-25(36)34-33-18-32-21-11-5-3-9-19(21)26(20-10-4-6-12-22(20)32)27-28(32)30(38)35(29(27)37)23-13-7-8-14-24(23)39-2/h3-14,18,26-28H,15-17H2,1-2H3,(H,34,36)/b33-18-/t26?,27-,28+,32?/m1/s1. The van der Waals surface area contributed by atoms with Crippen LogP contribution in [-0.2, 0) is 29.3 Å². The first-order valence-corrected chi connectivity index (χ1v) is 13.7. The summed E-state index contributed by atoms with van der Waals surface area (Å²) in [5.74, 6) is -3.27. The molecule has 0 aromatic heterocycles. The fraction of sp³-hybridized carbons (Fsp3) is 0.312. The fourth-order valence-electron chi connectivity index (χ4n) is 7.30. The molecule has 2 saturated heterocycles. The summed E-state index contributed by atoms with van der Waals surface area (Å²) in [7, 11) is 1.52. The summed E-state index contributed by atoms with van der Waals surface area (Å²) < 4.78 is 16.7. The van der Waals surface area contributed by atoms with E-state index in [4.69, 9.17) is 14.2 Å². The largest absolute Gasteiger partial charge is 0.495 e. The van der Waals surface area contributed by atoms with E-state index in [0.717, 1.165) is 22.3 Å². The van der Waals surface area contributed by atoms with Crippen LogP contribution in [0.2, 0.25) is 0 Å². The second-order valence-electron chi connectivity index (χ2n) is 11.0. The van der Waals surface area contributed by atoms with Crippen LogP contribution in [-0.4, -0.2) is 50.0 Å². The molecule has 3 aromatic carbocycles. The Morgan fingerprint density at radius 1 is 0.976 bits per heavy atom. The van der Waals surface area contributed by atoms with Crippen molar-refractivity contribution in [3.8, 4) is 5.75 Å². The van der Waals surface area contributed by atoms with Crippen molar-refractivity contribution in [3.63, 3.8) is 0 Å². The summed E-state index contributed by atoms with van der Waals surface area (Å²) in [6.07, 6.45) is 1.61.